The number of sulfonamides is 1. The van der Waals surface area contributed by atoms with E-state index < -0.39 is 28.5 Å². The Morgan fingerprint density at radius 3 is 2.11 bits per heavy atom. The molecule has 0 saturated heterocycles. The van der Waals surface area contributed by atoms with E-state index >= 15 is 0 Å². The predicted molar refractivity (Wildman–Crippen MR) is 179 cm³/mol. The van der Waals surface area contributed by atoms with E-state index in [1.165, 1.54) is 68.7 Å². The maximum absolute atomic E-state index is 14.4. The Labute approximate surface area is 284 Å². The Morgan fingerprint density at radius 1 is 0.870 bits per heavy atom. The summed E-state index contributed by atoms with van der Waals surface area (Å²) in [4.78, 5) is 28.9. The first-order valence-electron chi connectivity index (χ1n) is 14.5. The minimum absolute atomic E-state index is 0.00340. The number of benzene rings is 3. The van der Waals surface area contributed by atoms with Gasteiger partial charge in [-0.05, 0) is 67.8 Å². The lowest BCUT2D eigenvalue weighted by Crippen LogP contribution is -2.52. The number of methoxy groups -OCH3 is 3. The van der Waals surface area contributed by atoms with Gasteiger partial charge in [-0.25, -0.2) is 8.42 Å². The number of rotatable bonds is 13. The van der Waals surface area contributed by atoms with Crippen LogP contribution in [0.4, 0.5) is 5.69 Å². The highest BCUT2D eigenvalue weighted by atomic mass is 35.5. The van der Waals surface area contributed by atoms with Crippen molar-refractivity contribution >= 4 is 62.3 Å². The SMILES string of the molecule is COc1ccc(S(=O)(=O)N(CC(=O)N(Cc2ccc(Cl)cc2Cl)C(C)C(=O)NC2CCCC2)c2cc(Cl)ccc2OC)cc1OC. The van der Waals surface area contributed by atoms with E-state index in [2.05, 4.69) is 5.32 Å². The summed E-state index contributed by atoms with van der Waals surface area (Å²) < 4.78 is 45.7. The minimum Gasteiger partial charge on any atom is -0.495 e. The molecule has 0 aromatic heterocycles. The molecule has 1 saturated carbocycles. The maximum Gasteiger partial charge on any atom is 0.265 e. The van der Waals surface area contributed by atoms with Gasteiger partial charge in [-0.1, -0.05) is 53.7 Å². The van der Waals surface area contributed by atoms with E-state index in [-0.39, 0.29) is 45.6 Å². The van der Waals surface area contributed by atoms with Gasteiger partial charge in [0.15, 0.2) is 11.5 Å². The average molecular weight is 713 g/mol. The average Bonchev–Trinajstić information content (AvgIpc) is 3.55. The van der Waals surface area contributed by atoms with Gasteiger partial charge < -0.3 is 24.4 Å². The second kappa shape index (κ2) is 15.5. The second-order valence-corrected chi connectivity index (χ2v) is 13.9. The topological polar surface area (TPSA) is 114 Å². The number of nitrogens with zero attached hydrogens (tertiary/aromatic N) is 2. The molecule has 1 aliphatic rings. The molecule has 14 heteroatoms. The maximum atomic E-state index is 14.4. The minimum atomic E-state index is -4.47. The molecule has 1 atom stereocenters. The Morgan fingerprint density at radius 2 is 1.48 bits per heavy atom. The van der Waals surface area contributed by atoms with Crippen molar-refractivity contribution in [2.45, 2.75) is 56.1 Å². The van der Waals surface area contributed by atoms with Crippen LogP contribution < -0.4 is 23.8 Å². The van der Waals surface area contributed by atoms with E-state index in [0.717, 1.165) is 30.0 Å². The standard InChI is InChI=1S/C32H36Cl3N3O7S/c1-20(32(40)36-24-7-5-6-8-24)37(18-21-9-10-22(33)15-26(21)35)31(39)19-38(27-16-23(34)11-13-28(27)43-2)46(41,42)25-12-14-29(44-3)30(17-25)45-4/h9-17,20,24H,5-8,18-19H2,1-4H3,(H,36,40). The second-order valence-electron chi connectivity index (χ2n) is 10.8. The number of ether oxygens (including phenoxy) is 3. The summed E-state index contributed by atoms with van der Waals surface area (Å²) in [6.07, 6.45) is 3.71. The van der Waals surface area contributed by atoms with Crippen molar-refractivity contribution in [3.8, 4) is 17.2 Å². The fraction of sp³-hybridized carbons (Fsp3) is 0.375. The molecule has 4 rings (SSSR count). The molecule has 1 fully saturated rings. The van der Waals surface area contributed by atoms with Crippen molar-refractivity contribution in [3.63, 3.8) is 0 Å². The predicted octanol–water partition coefficient (Wildman–Crippen LogP) is 6.34. The molecular formula is C32H36Cl3N3O7S. The van der Waals surface area contributed by atoms with Gasteiger partial charge in [-0.15, -0.1) is 0 Å². The molecule has 3 aromatic rings. The van der Waals surface area contributed by atoms with Crippen LogP contribution in [0.5, 0.6) is 17.2 Å². The molecule has 0 aliphatic heterocycles. The van der Waals surface area contributed by atoms with Crippen LogP contribution >= 0.6 is 34.8 Å². The van der Waals surface area contributed by atoms with Crippen LogP contribution in [0.2, 0.25) is 15.1 Å². The highest BCUT2D eigenvalue weighted by molar-refractivity contribution is 7.92. The molecule has 1 unspecified atom stereocenters. The number of carbonyl (C=O) groups is 2. The van der Waals surface area contributed by atoms with Crippen molar-refractivity contribution < 1.29 is 32.2 Å². The smallest absolute Gasteiger partial charge is 0.265 e. The van der Waals surface area contributed by atoms with Crippen molar-refractivity contribution in [2.75, 3.05) is 32.2 Å². The van der Waals surface area contributed by atoms with Crippen molar-refractivity contribution in [1.82, 2.24) is 10.2 Å². The number of anilines is 1. The van der Waals surface area contributed by atoms with Crippen LogP contribution in [0.15, 0.2) is 59.5 Å². The molecule has 1 aliphatic carbocycles. The molecule has 0 heterocycles. The number of halogens is 3. The van der Waals surface area contributed by atoms with Crippen LogP contribution in [0.1, 0.15) is 38.2 Å². The van der Waals surface area contributed by atoms with Gasteiger partial charge in [0.1, 0.15) is 18.3 Å². The van der Waals surface area contributed by atoms with Gasteiger partial charge in [0.25, 0.3) is 10.0 Å². The first-order valence-corrected chi connectivity index (χ1v) is 17.1. The molecule has 10 nitrogen and oxygen atoms in total. The van der Waals surface area contributed by atoms with Crippen LogP contribution in [-0.4, -0.2) is 65.1 Å². The quantitative estimate of drug-likeness (QED) is 0.220. The number of hydrogen-bond acceptors (Lipinski definition) is 7. The van der Waals surface area contributed by atoms with Crippen molar-refractivity contribution in [2.24, 2.45) is 0 Å². The third-order valence-corrected chi connectivity index (χ3v) is 10.4. The first-order chi connectivity index (χ1) is 21.9. The zero-order valence-electron chi connectivity index (χ0n) is 25.9. The van der Waals surface area contributed by atoms with Crippen LogP contribution in [-0.2, 0) is 26.2 Å². The van der Waals surface area contributed by atoms with E-state index in [9.17, 15) is 18.0 Å². The molecule has 0 radical (unpaired) electrons. The fourth-order valence-corrected chi connectivity index (χ4v) is 7.35. The van der Waals surface area contributed by atoms with Crippen LogP contribution in [0.3, 0.4) is 0 Å². The summed E-state index contributed by atoms with van der Waals surface area (Å²) in [6, 6.07) is 12.4. The summed E-state index contributed by atoms with van der Waals surface area (Å²) in [7, 11) is -0.286. The Bertz CT molecular complexity index is 1680. The monoisotopic (exact) mass is 711 g/mol. The lowest BCUT2D eigenvalue weighted by Gasteiger charge is -2.33. The molecule has 2 amide bonds. The Hall–Kier alpha value is -3.38. The van der Waals surface area contributed by atoms with Gasteiger partial charge in [0.05, 0.1) is 31.9 Å². The third kappa shape index (κ3) is 8.12. The zero-order valence-corrected chi connectivity index (χ0v) is 29.0. The van der Waals surface area contributed by atoms with Crippen molar-refractivity contribution in [1.29, 1.82) is 0 Å². The first kappa shape index (κ1) is 35.5. The lowest BCUT2D eigenvalue weighted by atomic mass is 10.1. The van der Waals surface area contributed by atoms with Gasteiger partial charge in [-0.2, -0.15) is 0 Å². The van der Waals surface area contributed by atoms with Gasteiger partial charge >= 0.3 is 0 Å². The summed E-state index contributed by atoms with van der Waals surface area (Å²) in [5, 5.41) is 3.94. The number of hydrogen-bond donors (Lipinski definition) is 1. The number of carbonyl (C=O) groups excluding carboxylic acids is 2. The van der Waals surface area contributed by atoms with Crippen LogP contribution in [0.25, 0.3) is 0 Å². The largest absolute Gasteiger partial charge is 0.495 e. The van der Waals surface area contributed by atoms with Gasteiger partial charge in [0.2, 0.25) is 11.8 Å². The molecule has 3 aromatic carbocycles. The molecule has 0 bridgehead atoms. The van der Waals surface area contributed by atoms with E-state index in [1.54, 1.807) is 19.1 Å². The normalized spacial score (nSPS) is 14.0. The van der Waals surface area contributed by atoms with Crippen LogP contribution in [0, 0.1) is 0 Å². The summed E-state index contributed by atoms with van der Waals surface area (Å²) >= 11 is 18.9. The zero-order chi connectivity index (χ0) is 33.6. The van der Waals surface area contributed by atoms with Crippen molar-refractivity contribution in [3.05, 3.63) is 75.2 Å². The highest BCUT2D eigenvalue weighted by Crippen LogP contribution is 2.37. The molecule has 248 valence electrons. The summed E-state index contributed by atoms with van der Waals surface area (Å²) in [5.74, 6) is -0.395. The molecule has 1 N–H and O–H groups in total. The lowest BCUT2D eigenvalue weighted by molar-refractivity contribution is -0.139. The fourth-order valence-electron chi connectivity index (χ4n) is 5.28. The molecule has 46 heavy (non-hydrogen) atoms. The molecular weight excluding hydrogens is 677 g/mol. The van der Waals surface area contributed by atoms with E-state index in [4.69, 9.17) is 49.0 Å². The molecule has 0 spiro atoms. The number of amides is 2. The van der Waals surface area contributed by atoms with Gasteiger partial charge in [0, 0.05) is 33.7 Å². The Balaban J connectivity index is 1.79. The van der Waals surface area contributed by atoms with E-state index in [1.807, 2.05) is 0 Å². The highest BCUT2D eigenvalue weighted by Gasteiger charge is 2.35. The van der Waals surface area contributed by atoms with E-state index in [0.29, 0.717) is 21.4 Å². The third-order valence-electron chi connectivity index (χ3n) is 7.86. The Kier molecular flexibility index (Phi) is 11.9. The van der Waals surface area contributed by atoms with Gasteiger partial charge in [-0.3, -0.25) is 13.9 Å². The summed E-state index contributed by atoms with van der Waals surface area (Å²) in [6.45, 7) is 0.795. The number of nitrogens with one attached hydrogen (secondary N) is 1. The summed E-state index contributed by atoms with van der Waals surface area (Å²) in [5.41, 5.74) is 0.542.